The third kappa shape index (κ3) is 4.93. The van der Waals surface area contributed by atoms with Gasteiger partial charge in [0.15, 0.2) is 0 Å². The highest BCUT2D eigenvalue weighted by Crippen LogP contribution is 2.14. The Morgan fingerprint density at radius 2 is 1.91 bits per heavy atom. The summed E-state index contributed by atoms with van der Waals surface area (Å²) in [6, 6.07) is 8.26. The second kappa shape index (κ2) is 7.92. The van der Waals surface area contributed by atoms with Crippen molar-refractivity contribution in [1.82, 2.24) is 10.5 Å². The van der Waals surface area contributed by atoms with Gasteiger partial charge in [0, 0.05) is 24.1 Å². The number of carbonyl (C=O) groups is 1. The molecule has 0 aliphatic rings. The molecule has 5 heteroatoms. The van der Waals surface area contributed by atoms with Gasteiger partial charge in [0.25, 0.3) is 0 Å². The van der Waals surface area contributed by atoms with Crippen molar-refractivity contribution in [3.05, 3.63) is 52.4 Å². The van der Waals surface area contributed by atoms with Crippen LogP contribution < -0.4 is 10.2 Å². The average Bonchev–Trinajstić information content (AvgIpc) is 2.82. The van der Waals surface area contributed by atoms with Crippen LogP contribution in [0.5, 0.6) is 0 Å². The van der Waals surface area contributed by atoms with E-state index in [9.17, 15) is 4.79 Å². The third-order valence-electron chi connectivity index (χ3n) is 3.92. The summed E-state index contributed by atoms with van der Waals surface area (Å²) in [5.74, 6) is 0.853. The number of aryl methyl sites for hydroxylation is 2. The molecule has 5 nitrogen and oxygen atoms in total. The fourth-order valence-corrected chi connectivity index (χ4v) is 2.66. The Morgan fingerprint density at radius 3 is 2.52 bits per heavy atom. The van der Waals surface area contributed by atoms with Gasteiger partial charge in [-0.2, -0.15) is 0 Å². The first-order valence-electron chi connectivity index (χ1n) is 8.01. The Bertz CT molecular complexity index is 643. The molecule has 124 valence electrons. The van der Waals surface area contributed by atoms with Crippen LogP contribution in [0.4, 0.5) is 0 Å². The zero-order chi connectivity index (χ0) is 16.8. The van der Waals surface area contributed by atoms with Crippen LogP contribution in [-0.4, -0.2) is 25.2 Å². The molecule has 1 aromatic heterocycles. The minimum absolute atomic E-state index is 0.0528. The summed E-state index contributed by atoms with van der Waals surface area (Å²) >= 11 is 0. The predicted molar refractivity (Wildman–Crippen MR) is 89.1 cm³/mol. The molecular formula is C18H26N3O2+. The minimum Gasteiger partial charge on any atom is -0.361 e. The van der Waals surface area contributed by atoms with E-state index >= 15 is 0 Å². The monoisotopic (exact) mass is 316 g/mol. The van der Waals surface area contributed by atoms with Crippen LogP contribution in [-0.2, 0) is 24.3 Å². The number of aromatic nitrogens is 1. The fraction of sp³-hybridized carbons (Fsp3) is 0.444. The normalized spacial score (nSPS) is 11.0. The summed E-state index contributed by atoms with van der Waals surface area (Å²) in [7, 11) is 4.25. The molecule has 2 aromatic rings. The van der Waals surface area contributed by atoms with Gasteiger partial charge >= 0.3 is 0 Å². The summed E-state index contributed by atoms with van der Waals surface area (Å²) in [5.41, 5.74) is 4.37. The molecule has 0 aliphatic carbocycles. The van der Waals surface area contributed by atoms with Crippen LogP contribution in [0.3, 0.4) is 0 Å². The first kappa shape index (κ1) is 17.2. The van der Waals surface area contributed by atoms with Gasteiger partial charge in [-0.25, -0.2) is 0 Å². The molecule has 0 atom stereocenters. The van der Waals surface area contributed by atoms with E-state index in [2.05, 4.69) is 36.7 Å². The van der Waals surface area contributed by atoms with Crippen molar-refractivity contribution in [2.24, 2.45) is 0 Å². The summed E-state index contributed by atoms with van der Waals surface area (Å²) in [5, 5.41) is 6.93. The Kier molecular flexibility index (Phi) is 5.93. The SMILES string of the molecule is Cc1noc(C)c1CCC(=O)NCc1ccccc1C[NH+](C)C. The van der Waals surface area contributed by atoms with Crippen molar-refractivity contribution < 1.29 is 14.2 Å². The first-order valence-corrected chi connectivity index (χ1v) is 8.01. The van der Waals surface area contributed by atoms with E-state index in [0.29, 0.717) is 19.4 Å². The molecule has 0 saturated carbocycles. The highest BCUT2D eigenvalue weighted by Gasteiger charge is 2.12. The molecule has 0 radical (unpaired) electrons. The number of hydrogen-bond donors (Lipinski definition) is 2. The van der Waals surface area contributed by atoms with E-state index in [1.165, 1.54) is 16.0 Å². The largest absolute Gasteiger partial charge is 0.361 e. The zero-order valence-corrected chi connectivity index (χ0v) is 14.4. The lowest BCUT2D eigenvalue weighted by Gasteiger charge is -2.13. The Labute approximate surface area is 137 Å². The molecule has 0 aliphatic heterocycles. The van der Waals surface area contributed by atoms with E-state index in [-0.39, 0.29) is 5.91 Å². The Morgan fingerprint density at radius 1 is 1.22 bits per heavy atom. The van der Waals surface area contributed by atoms with Crippen LogP contribution in [0.15, 0.2) is 28.8 Å². The third-order valence-corrected chi connectivity index (χ3v) is 3.92. The zero-order valence-electron chi connectivity index (χ0n) is 14.4. The van der Waals surface area contributed by atoms with Crippen LogP contribution in [0.2, 0.25) is 0 Å². The van der Waals surface area contributed by atoms with Gasteiger partial charge in [0.2, 0.25) is 5.91 Å². The number of nitrogens with one attached hydrogen (secondary N) is 2. The topological polar surface area (TPSA) is 59.6 Å². The van der Waals surface area contributed by atoms with Crippen molar-refractivity contribution in [1.29, 1.82) is 0 Å². The van der Waals surface area contributed by atoms with E-state index < -0.39 is 0 Å². The van der Waals surface area contributed by atoms with Crippen LogP contribution >= 0.6 is 0 Å². The second-order valence-corrected chi connectivity index (χ2v) is 6.23. The van der Waals surface area contributed by atoms with Gasteiger partial charge in [0.05, 0.1) is 19.8 Å². The Hall–Kier alpha value is -2.14. The molecule has 0 spiro atoms. The van der Waals surface area contributed by atoms with E-state index in [0.717, 1.165) is 23.6 Å². The number of hydrogen-bond acceptors (Lipinski definition) is 3. The molecule has 0 bridgehead atoms. The van der Waals surface area contributed by atoms with Crippen molar-refractivity contribution >= 4 is 5.91 Å². The molecule has 1 amide bonds. The van der Waals surface area contributed by atoms with Crippen molar-refractivity contribution in [3.8, 4) is 0 Å². The maximum Gasteiger partial charge on any atom is 0.220 e. The Balaban J connectivity index is 1.87. The van der Waals surface area contributed by atoms with Crippen LogP contribution in [0.1, 0.15) is 34.6 Å². The van der Waals surface area contributed by atoms with Crippen molar-refractivity contribution in [2.45, 2.75) is 39.8 Å². The maximum atomic E-state index is 12.1. The lowest BCUT2D eigenvalue weighted by molar-refractivity contribution is -0.872. The fourth-order valence-electron chi connectivity index (χ4n) is 2.66. The van der Waals surface area contributed by atoms with E-state index in [4.69, 9.17) is 4.52 Å². The number of quaternary nitrogens is 1. The first-order chi connectivity index (χ1) is 11.0. The van der Waals surface area contributed by atoms with Gasteiger partial charge in [-0.3, -0.25) is 4.79 Å². The molecule has 1 aromatic carbocycles. The van der Waals surface area contributed by atoms with Gasteiger partial charge in [-0.1, -0.05) is 29.4 Å². The number of nitrogens with zero attached hydrogens (tertiary/aromatic N) is 1. The van der Waals surface area contributed by atoms with E-state index in [1.807, 2.05) is 26.0 Å². The van der Waals surface area contributed by atoms with Crippen LogP contribution in [0.25, 0.3) is 0 Å². The number of amides is 1. The lowest BCUT2D eigenvalue weighted by atomic mass is 10.1. The lowest BCUT2D eigenvalue weighted by Crippen LogP contribution is -3.04. The predicted octanol–water partition coefficient (Wildman–Crippen LogP) is 1.18. The highest BCUT2D eigenvalue weighted by atomic mass is 16.5. The minimum atomic E-state index is 0.0528. The molecule has 1 heterocycles. The summed E-state index contributed by atoms with van der Waals surface area (Å²) in [6.07, 6.45) is 1.11. The molecular weight excluding hydrogens is 290 g/mol. The second-order valence-electron chi connectivity index (χ2n) is 6.23. The summed E-state index contributed by atoms with van der Waals surface area (Å²) in [4.78, 5) is 13.5. The maximum absolute atomic E-state index is 12.1. The van der Waals surface area contributed by atoms with Gasteiger partial charge in [-0.15, -0.1) is 0 Å². The van der Waals surface area contributed by atoms with Gasteiger partial charge < -0.3 is 14.7 Å². The molecule has 0 unspecified atom stereocenters. The molecule has 2 rings (SSSR count). The molecule has 23 heavy (non-hydrogen) atoms. The number of carbonyl (C=O) groups excluding carboxylic acids is 1. The smallest absolute Gasteiger partial charge is 0.220 e. The molecule has 0 fully saturated rings. The summed E-state index contributed by atoms with van der Waals surface area (Å²) in [6.45, 7) is 5.31. The van der Waals surface area contributed by atoms with E-state index in [1.54, 1.807) is 0 Å². The van der Waals surface area contributed by atoms with Gasteiger partial charge in [-0.05, 0) is 25.8 Å². The average molecular weight is 316 g/mol. The molecule has 0 saturated heterocycles. The molecule has 2 N–H and O–H groups in total. The number of rotatable bonds is 7. The number of benzene rings is 1. The summed E-state index contributed by atoms with van der Waals surface area (Å²) < 4.78 is 5.13. The van der Waals surface area contributed by atoms with Crippen molar-refractivity contribution in [3.63, 3.8) is 0 Å². The van der Waals surface area contributed by atoms with Gasteiger partial charge in [0.1, 0.15) is 12.3 Å². The van der Waals surface area contributed by atoms with Crippen molar-refractivity contribution in [2.75, 3.05) is 14.1 Å². The quantitative estimate of drug-likeness (QED) is 0.806. The highest BCUT2D eigenvalue weighted by molar-refractivity contribution is 5.76. The standard InChI is InChI=1S/C18H25N3O2/c1-13-17(14(2)23-20-13)9-10-18(22)19-11-15-7-5-6-8-16(15)12-21(3)4/h5-8H,9-12H2,1-4H3,(H,19,22)/p+1. The van der Waals surface area contributed by atoms with Crippen LogP contribution in [0, 0.1) is 13.8 Å².